The standard InChI is InChI=1S/C23H58N2O2Si4/c1-13-26-31(12,27-14-2)23-19-21-24(28(3,4)5)20-17-15-16-18-22-25(29(6,7)8)30(9,10)11/h13-23H2,1-12H3. The summed E-state index contributed by atoms with van der Waals surface area (Å²) in [4.78, 5) is 0. The van der Waals surface area contributed by atoms with Gasteiger partial charge in [0.25, 0.3) is 0 Å². The van der Waals surface area contributed by atoms with E-state index in [2.05, 4.69) is 88.1 Å². The molecule has 0 amide bonds. The first-order valence-electron chi connectivity index (χ1n) is 12.9. The molecule has 0 saturated heterocycles. The maximum Gasteiger partial charge on any atom is 0.334 e. The van der Waals surface area contributed by atoms with E-state index in [4.69, 9.17) is 8.85 Å². The molecule has 0 saturated carbocycles. The maximum absolute atomic E-state index is 6.04. The lowest BCUT2D eigenvalue weighted by Gasteiger charge is -2.43. The van der Waals surface area contributed by atoms with Crippen LogP contribution >= 0.6 is 0 Å². The molecule has 0 bridgehead atoms. The van der Waals surface area contributed by atoms with Gasteiger partial charge in [0.05, 0.1) is 0 Å². The maximum atomic E-state index is 6.04. The number of unbranched alkanes of at least 4 members (excludes halogenated alkanes) is 3. The molecule has 0 aromatic carbocycles. The number of rotatable bonds is 18. The molecule has 31 heavy (non-hydrogen) atoms. The number of hydrogen-bond acceptors (Lipinski definition) is 4. The highest BCUT2D eigenvalue weighted by atomic mass is 28.4. The minimum absolute atomic E-state index is 0.771. The number of hydrogen-bond donors (Lipinski definition) is 0. The lowest BCUT2D eigenvalue weighted by molar-refractivity contribution is 0.187. The highest BCUT2D eigenvalue weighted by Crippen LogP contribution is 2.22. The zero-order valence-corrected chi connectivity index (χ0v) is 27.5. The van der Waals surface area contributed by atoms with Crippen molar-refractivity contribution in [3.05, 3.63) is 0 Å². The lowest BCUT2D eigenvalue weighted by atomic mass is 10.2. The molecule has 0 heterocycles. The van der Waals surface area contributed by atoms with E-state index in [9.17, 15) is 0 Å². The molecule has 0 aliphatic rings. The molecule has 0 radical (unpaired) electrons. The molecule has 0 atom stereocenters. The topological polar surface area (TPSA) is 24.9 Å². The Hall–Kier alpha value is 0.708. The summed E-state index contributed by atoms with van der Waals surface area (Å²) in [5, 5.41) is 0. The van der Waals surface area contributed by atoms with Crippen LogP contribution in [0.5, 0.6) is 0 Å². The van der Waals surface area contributed by atoms with Crippen LogP contribution < -0.4 is 0 Å². The van der Waals surface area contributed by atoms with Gasteiger partial charge in [-0.15, -0.1) is 0 Å². The van der Waals surface area contributed by atoms with Gasteiger partial charge in [-0.1, -0.05) is 71.8 Å². The van der Waals surface area contributed by atoms with Crippen molar-refractivity contribution in [2.45, 2.75) is 117 Å². The Kier molecular flexibility index (Phi) is 14.5. The Morgan fingerprint density at radius 3 is 1.32 bits per heavy atom. The van der Waals surface area contributed by atoms with Crippen LogP contribution in [-0.2, 0) is 8.85 Å². The van der Waals surface area contributed by atoms with Crippen molar-refractivity contribution in [2.24, 2.45) is 0 Å². The Morgan fingerprint density at radius 2 is 0.935 bits per heavy atom. The van der Waals surface area contributed by atoms with E-state index in [1.807, 2.05) is 0 Å². The van der Waals surface area contributed by atoms with E-state index in [0.29, 0.717) is 0 Å². The summed E-state index contributed by atoms with van der Waals surface area (Å²) in [6.45, 7) is 34.3. The van der Waals surface area contributed by atoms with E-state index >= 15 is 0 Å². The van der Waals surface area contributed by atoms with Crippen molar-refractivity contribution in [3.8, 4) is 0 Å². The van der Waals surface area contributed by atoms with Crippen LogP contribution in [0, 0.1) is 0 Å². The first kappa shape index (κ1) is 31.7. The van der Waals surface area contributed by atoms with Crippen molar-refractivity contribution in [1.29, 1.82) is 0 Å². The smallest absolute Gasteiger partial charge is 0.334 e. The van der Waals surface area contributed by atoms with Gasteiger partial charge in [0.2, 0.25) is 0 Å². The molecule has 0 aliphatic heterocycles. The normalized spacial score (nSPS) is 14.1. The van der Waals surface area contributed by atoms with E-state index in [1.54, 1.807) is 0 Å². The zero-order valence-electron chi connectivity index (χ0n) is 23.5. The van der Waals surface area contributed by atoms with Gasteiger partial charge < -0.3 is 17.6 Å². The van der Waals surface area contributed by atoms with E-state index in [-0.39, 0.29) is 0 Å². The Bertz CT molecular complexity index is 454. The van der Waals surface area contributed by atoms with Gasteiger partial charge in [0.15, 0.2) is 0 Å². The third-order valence-electron chi connectivity index (χ3n) is 6.09. The van der Waals surface area contributed by atoms with Gasteiger partial charge in [0.1, 0.15) is 24.7 Å². The molecule has 0 fully saturated rings. The summed E-state index contributed by atoms with van der Waals surface area (Å²) in [5.41, 5.74) is 0. The predicted octanol–water partition coefficient (Wildman–Crippen LogP) is 7.19. The minimum Gasteiger partial charge on any atom is -0.395 e. The summed E-state index contributed by atoms with van der Waals surface area (Å²) in [6, 6.07) is 1.11. The molecule has 4 nitrogen and oxygen atoms in total. The molecule has 0 aromatic rings. The third-order valence-corrected chi connectivity index (χ3v) is 19.2. The van der Waals surface area contributed by atoms with Crippen molar-refractivity contribution in [2.75, 3.05) is 32.8 Å². The molecule has 0 aliphatic carbocycles. The Balaban J connectivity index is 4.46. The van der Waals surface area contributed by atoms with Crippen LogP contribution in [0.3, 0.4) is 0 Å². The van der Waals surface area contributed by atoms with Crippen LogP contribution in [0.1, 0.15) is 46.0 Å². The van der Waals surface area contributed by atoms with Gasteiger partial charge in [-0.3, -0.25) is 0 Å². The highest BCUT2D eigenvalue weighted by molar-refractivity contribution is 6.89. The predicted molar refractivity (Wildman–Crippen MR) is 151 cm³/mol. The van der Waals surface area contributed by atoms with Gasteiger partial charge in [-0.05, 0) is 65.3 Å². The molecule has 8 heteroatoms. The second-order valence-corrected chi connectivity index (χ2v) is 30.7. The summed E-state index contributed by atoms with van der Waals surface area (Å²) in [5.74, 6) is 0. The lowest BCUT2D eigenvalue weighted by Crippen LogP contribution is -2.59. The average molecular weight is 507 g/mol. The third kappa shape index (κ3) is 13.9. The van der Waals surface area contributed by atoms with Crippen molar-refractivity contribution >= 4 is 33.3 Å². The fourth-order valence-corrected chi connectivity index (χ4v) is 18.5. The minimum atomic E-state index is -1.98. The molecule has 0 aromatic heterocycles. The SMILES string of the molecule is CCO[Si](C)(CCCN(CCCCCCN([Si](C)(C)C)[Si](C)(C)C)[Si](C)(C)C)OCC. The molecule has 188 valence electrons. The average Bonchev–Trinajstić information content (AvgIpc) is 2.56. The van der Waals surface area contributed by atoms with Crippen LogP contribution in [0.4, 0.5) is 0 Å². The van der Waals surface area contributed by atoms with E-state index in [1.165, 1.54) is 51.7 Å². The zero-order chi connectivity index (χ0) is 24.3. The Labute approximate surface area is 201 Å². The van der Waals surface area contributed by atoms with Gasteiger partial charge in [0, 0.05) is 13.2 Å². The number of nitrogens with zero attached hydrogens (tertiary/aromatic N) is 2. The Morgan fingerprint density at radius 1 is 0.516 bits per heavy atom. The second kappa shape index (κ2) is 14.2. The monoisotopic (exact) mass is 506 g/mol. The van der Waals surface area contributed by atoms with Crippen LogP contribution in [0.15, 0.2) is 0 Å². The van der Waals surface area contributed by atoms with Crippen molar-refractivity contribution in [1.82, 2.24) is 8.80 Å². The molecular formula is C23H58N2O2Si4. The van der Waals surface area contributed by atoms with Crippen molar-refractivity contribution in [3.63, 3.8) is 0 Å². The first-order valence-corrected chi connectivity index (χ1v) is 25.7. The fraction of sp³-hybridized carbons (Fsp3) is 1.00. The van der Waals surface area contributed by atoms with Crippen LogP contribution in [0.2, 0.25) is 71.5 Å². The summed E-state index contributed by atoms with van der Waals surface area (Å²) in [7, 11) is -5.66. The van der Waals surface area contributed by atoms with Gasteiger partial charge in [-0.2, -0.15) is 0 Å². The summed E-state index contributed by atoms with van der Waals surface area (Å²) >= 11 is 0. The summed E-state index contributed by atoms with van der Waals surface area (Å²) < 4.78 is 17.8. The quantitative estimate of drug-likeness (QED) is 0.145. The van der Waals surface area contributed by atoms with Gasteiger partial charge in [-0.25, -0.2) is 0 Å². The summed E-state index contributed by atoms with van der Waals surface area (Å²) in [6.07, 6.45) is 6.67. The molecule has 0 spiro atoms. The molecular weight excluding hydrogens is 449 g/mol. The largest absolute Gasteiger partial charge is 0.395 e. The highest BCUT2D eigenvalue weighted by Gasteiger charge is 2.34. The van der Waals surface area contributed by atoms with Crippen LogP contribution in [-0.4, -0.2) is 74.9 Å². The van der Waals surface area contributed by atoms with Crippen LogP contribution in [0.25, 0.3) is 0 Å². The first-order chi connectivity index (χ1) is 14.1. The van der Waals surface area contributed by atoms with Crippen molar-refractivity contribution < 1.29 is 8.85 Å². The van der Waals surface area contributed by atoms with E-state index < -0.39 is 33.3 Å². The molecule has 0 unspecified atom stereocenters. The van der Waals surface area contributed by atoms with Gasteiger partial charge >= 0.3 is 8.56 Å². The van der Waals surface area contributed by atoms with E-state index in [0.717, 1.165) is 19.3 Å². The molecule has 0 rings (SSSR count). The second-order valence-electron chi connectivity index (χ2n) is 12.2. The fourth-order valence-electron chi connectivity index (χ4n) is 4.77. The molecule has 0 N–H and O–H groups in total.